The van der Waals surface area contributed by atoms with Crippen LogP contribution in [0.1, 0.15) is 44.9 Å². The van der Waals surface area contributed by atoms with E-state index in [4.69, 9.17) is 19.7 Å². The summed E-state index contributed by atoms with van der Waals surface area (Å²) >= 11 is 0. The number of carbonyl (C=O) groups is 8. The van der Waals surface area contributed by atoms with Gasteiger partial charge in [0.2, 0.25) is 23.6 Å². The van der Waals surface area contributed by atoms with Crippen molar-refractivity contribution in [2.75, 3.05) is 46.6 Å². The van der Waals surface area contributed by atoms with E-state index in [1.807, 2.05) is 0 Å². The quantitative estimate of drug-likeness (QED) is 0.0425. The van der Waals surface area contributed by atoms with Crippen LogP contribution in [0.5, 0.6) is 0 Å². The Morgan fingerprint density at radius 1 is 0.619 bits per heavy atom. The molecular formula is C24H39N5O13. The second-order valence-electron chi connectivity index (χ2n) is 8.70. The minimum Gasteiger partial charge on any atom is -0.480 e. The van der Waals surface area contributed by atoms with Crippen molar-refractivity contribution in [3.63, 3.8) is 0 Å². The van der Waals surface area contributed by atoms with Gasteiger partial charge in [-0.05, 0) is 25.7 Å². The van der Waals surface area contributed by atoms with E-state index in [0.29, 0.717) is 6.42 Å². The molecule has 0 aliphatic heterocycles. The molecule has 42 heavy (non-hydrogen) atoms. The molecule has 0 spiro atoms. The maximum Gasteiger partial charge on any atom is 0.394 e. The minimum atomic E-state index is -1.62. The van der Waals surface area contributed by atoms with Crippen molar-refractivity contribution in [2.45, 2.75) is 57.0 Å². The number of aliphatic carboxylic acids is 3. The largest absolute Gasteiger partial charge is 0.480 e. The monoisotopic (exact) mass is 605 g/mol. The molecule has 0 bridgehead atoms. The van der Waals surface area contributed by atoms with Gasteiger partial charge in [-0.15, -0.1) is 0 Å². The van der Waals surface area contributed by atoms with Crippen molar-refractivity contribution in [1.82, 2.24) is 26.6 Å². The Bertz CT molecular complexity index is 944. The number of carbonyl (C=O) groups excluding carboxylic acids is 5. The van der Waals surface area contributed by atoms with Gasteiger partial charge in [0, 0.05) is 39.4 Å². The van der Waals surface area contributed by atoms with Crippen LogP contribution in [0, 0.1) is 0 Å². The summed E-state index contributed by atoms with van der Waals surface area (Å²) in [7, 11) is 1.41. The van der Waals surface area contributed by atoms with Crippen LogP contribution in [0.15, 0.2) is 0 Å². The third-order valence-electron chi connectivity index (χ3n) is 5.35. The lowest BCUT2D eigenvalue weighted by atomic mass is 10.1. The van der Waals surface area contributed by atoms with Crippen LogP contribution in [-0.2, 0) is 47.8 Å². The average molecular weight is 606 g/mol. The first-order valence-corrected chi connectivity index (χ1v) is 13.1. The van der Waals surface area contributed by atoms with Crippen LogP contribution in [0.25, 0.3) is 0 Å². The number of hydrogen-bond acceptors (Lipinski definition) is 10. The predicted molar refractivity (Wildman–Crippen MR) is 141 cm³/mol. The molecule has 0 aliphatic rings. The maximum absolute atomic E-state index is 12.0. The van der Waals surface area contributed by atoms with Gasteiger partial charge in [0.25, 0.3) is 0 Å². The zero-order chi connectivity index (χ0) is 31.9. The zero-order valence-corrected chi connectivity index (χ0v) is 23.3. The minimum absolute atomic E-state index is 0.00824. The predicted octanol–water partition coefficient (Wildman–Crippen LogP) is -3.05. The van der Waals surface area contributed by atoms with Gasteiger partial charge in [-0.25, -0.2) is 14.4 Å². The average Bonchev–Trinajstić information content (AvgIpc) is 2.93. The van der Waals surface area contributed by atoms with Crippen LogP contribution < -0.4 is 26.6 Å². The molecule has 0 radical (unpaired) electrons. The van der Waals surface area contributed by atoms with E-state index in [1.165, 1.54) is 7.05 Å². The summed E-state index contributed by atoms with van der Waals surface area (Å²) < 4.78 is 10.3. The number of nitrogens with one attached hydrogen (secondary N) is 5. The Hall–Kier alpha value is -4.32. The highest BCUT2D eigenvalue weighted by Gasteiger charge is 2.22. The molecule has 0 aromatic carbocycles. The molecular weight excluding hydrogens is 566 g/mol. The number of ether oxygens (including phenoxy) is 2. The fraction of sp³-hybridized carbons (Fsp3) is 0.667. The first-order valence-electron chi connectivity index (χ1n) is 13.1. The van der Waals surface area contributed by atoms with Crippen LogP contribution >= 0.6 is 0 Å². The van der Waals surface area contributed by atoms with Gasteiger partial charge in [0.15, 0.2) is 0 Å². The molecule has 0 aromatic rings. The Labute approximate surface area is 241 Å². The van der Waals surface area contributed by atoms with Gasteiger partial charge >= 0.3 is 23.8 Å². The molecule has 0 saturated carbocycles. The molecule has 0 aromatic heterocycles. The summed E-state index contributed by atoms with van der Waals surface area (Å²) in [5.74, 6) is -7.44. The van der Waals surface area contributed by atoms with Crippen LogP contribution in [0.4, 0.5) is 0 Å². The first kappa shape index (κ1) is 37.7. The fourth-order valence-corrected chi connectivity index (χ4v) is 3.12. The second-order valence-corrected chi connectivity index (χ2v) is 8.70. The summed E-state index contributed by atoms with van der Waals surface area (Å²) in [4.78, 5) is 90.8. The van der Waals surface area contributed by atoms with Gasteiger partial charge < -0.3 is 51.4 Å². The molecule has 0 rings (SSSR count). The van der Waals surface area contributed by atoms with Gasteiger partial charge in [0.05, 0.1) is 19.8 Å². The topological polar surface area (TPSA) is 276 Å². The molecule has 0 aliphatic carbocycles. The van der Waals surface area contributed by atoms with E-state index in [1.54, 1.807) is 0 Å². The van der Waals surface area contributed by atoms with E-state index in [0.717, 1.165) is 0 Å². The second kappa shape index (κ2) is 22.4. The van der Waals surface area contributed by atoms with Gasteiger partial charge in [-0.2, -0.15) is 0 Å². The summed E-state index contributed by atoms with van der Waals surface area (Å²) in [5, 5.41) is 38.4. The van der Waals surface area contributed by atoms with Crippen molar-refractivity contribution in [3.05, 3.63) is 0 Å². The summed E-state index contributed by atoms with van der Waals surface area (Å²) in [6, 6.07) is -2.53. The third kappa shape index (κ3) is 19.7. The molecule has 18 heteroatoms. The number of unbranched alkanes of at least 4 members (excludes halogenated alkanes) is 1. The van der Waals surface area contributed by atoms with Crippen LogP contribution in [0.2, 0.25) is 0 Å². The van der Waals surface area contributed by atoms with Crippen molar-refractivity contribution in [3.8, 4) is 0 Å². The van der Waals surface area contributed by atoms with Crippen molar-refractivity contribution >= 4 is 47.4 Å². The highest BCUT2D eigenvalue weighted by molar-refractivity contribution is 6.31. The van der Waals surface area contributed by atoms with Crippen LogP contribution in [0.3, 0.4) is 0 Å². The molecule has 0 saturated heterocycles. The molecule has 18 nitrogen and oxygen atoms in total. The number of hydrogen-bond donors (Lipinski definition) is 8. The highest BCUT2D eigenvalue weighted by Crippen LogP contribution is 2.02. The SMILES string of the molecule is CNC(=O)CC[C@H](NC(=O)COCCOCCNC(=O)CC[C@H](NC(=O)CCCCNC(=O)C(=O)O)C(=O)O)C(=O)O. The molecule has 5 amide bonds. The Balaban J connectivity index is 4.01. The lowest BCUT2D eigenvalue weighted by molar-refractivity contribution is -0.150. The normalized spacial score (nSPS) is 11.8. The number of amides is 5. The summed E-state index contributed by atoms with van der Waals surface area (Å²) in [6.45, 7) is -0.0979. The van der Waals surface area contributed by atoms with E-state index < -0.39 is 60.2 Å². The van der Waals surface area contributed by atoms with Crippen molar-refractivity contribution < 1.29 is 63.1 Å². The first-order chi connectivity index (χ1) is 19.9. The standard InChI is InChI=1S/C24H39N5O13/c1-25-17(30)7-5-16(23(37)38)29-20(33)14-42-13-12-41-11-10-26-18(31)8-6-15(22(35)36)28-19(32)4-2-3-9-27-21(34)24(39)40/h15-16H,2-14H2,1H3,(H,25,30)(H,26,31)(H,27,34)(H,28,32)(H,29,33)(H,35,36)(H,37,38)(H,39,40)/t15-,16-/m0/s1. The zero-order valence-electron chi connectivity index (χ0n) is 23.3. The lowest BCUT2D eigenvalue weighted by Crippen LogP contribution is -2.43. The van der Waals surface area contributed by atoms with Gasteiger partial charge in [-0.3, -0.25) is 24.0 Å². The van der Waals surface area contributed by atoms with Crippen molar-refractivity contribution in [2.24, 2.45) is 0 Å². The summed E-state index contributed by atoms with van der Waals surface area (Å²) in [5.41, 5.74) is 0. The Morgan fingerprint density at radius 3 is 1.76 bits per heavy atom. The number of carboxylic acid groups (broad SMARTS) is 3. The molecule has 0 fully saturated rings. The molecule has 238 valence electrons. The molecule has 0 heterocycles. The third-order valence-corrected chi connectivity index (χ3v) is 5.35. The maximum atomic E-state index is 12.0. The van der Waals surface area contributed by atoms with Gasteiger partial charge in [-0.1, -0.05) is 0 Å². The fourth-order valence-electron chi connectivity index (χ4n) is 3.12. The molecule has 2 atom stereocenters. The molecule has 8 N–H and O–H groups in total. The van der Waals surface area contributed by atoms with E-state index in [9.17, 15) is 43.5 Å². The summed E-state index contributed by atoms with van der Waals surface area (Å²) in [6.07, 6.45) is 0.0478. The van der Waals surface area contributed by atoms with Crippen LogP contribution in [-0.4, -0.2) is 121 Å². The van der Waals surface area contributed by atoms with Gasteiger partial charge in [0.1, 0.15) is 18.7 Å². The smallest absolute Gasteiger partial charge is 0.394 e. The molecule has 0 unspecified atom stereocenters. The van der Waals surface area contributed by atoms with E-state index in [-0.39, 0.29) is 77.3 Å². The Morgan fingerprint density at radius 2 is 1.19 bits per heavy atom. The highest BCUT2D eigenvalue weighted by atomic mass is 16.5. The lowest BCUT2D eigenvalue weighted by Gasteiger charge is -2.15. The van der Waals surface area contributed by atoms with E-state index in [2.05, 4.69) is 26.6 Å². The van der Waals surface area contributed by atoms with Crippen molar-refractivity contribution in [1.29, 1.82) is 0 Å². The van der Waals surface area contributed by atoms with E-state index >= 15 is 0 Å². The number of carboxylic acids is 3. The Kier molecular flexibility index (Phi) is 20.1. The number of rotatable bonds is 23.